The van der Waals surface area contributed by atoms with Crippen molar-refractivity contribution < 1.29 is 14.3 Å². The van der Waals surface area contributed by atoms with Gasteiger partial charge in [-0.15, -0.1) is 0 Å². The van der Waals surface area contributed by atoms with Crippen molar-refractivity contribution in [2.24, 2.45) is 0 Å². The van der Waals surface area contributed by atoms with Crippen LogP contribution in [0.3, 0.4) is 0 Å². The van der Waals surface area contributed by atoms with Crippen molar-refractivity contribution in [2.45, 2.75) is 19.4 Å². The standard InChI is InChI=1S/C22H27N3O3/c1-28-15-13-24-22(27)21(26)23-12-10-17-6-8-20(9-7-17)25-14-11-18-4-2-3-5-19(18)16-25/h2-9H,10-16H2,1H3,(H,23,26)(H,24,27). The highest BCUT2D eigenvalue weighted by molar-refractivity contribution is 6.35. The van der Waals surface area contributed by atoms with Gasteiger partial charge < -0.3 is 20.3 Å². The molecule has 0 aromatic heterocycles. The topological polar surface area (TPSA) is 70.7 Å². The molecule has 0 spiro atoms. The summed E-state index contributed by atoms with van der Waals surface area (Å²) in [5.74, 6) is -1.24. The molecular formula is C22H27N3O3. The van der Waals surface area contributed by atoms with Gasteiger partial charge in [-0.2, -0.15) is 0 Å². The second-order valence-corrected chi connectivity index (χ2v) is 6.86. The Labute approximate surface area is 165 Å². The van der Waals surface area contributed by atoms with Crippen molar-refractivity contribution in [3.63, 3.8) is 0 Å². The molecule has 0 atom stereocenters. The molecule has 1 heterocycles. The molecule has 28 heavy (non-hydrogen) atoms. The van der Waals surface area contributed by atoms with Crippen LogP contribution in [-0.4, -0.2) is 45.2 Å². The van der Waals surface area contributed by atoms with Gasteiger partial charge in [0.2, 0.25) is 0 Å². The summed E-state index contributed by atoms with van der Waals surface area (Å²) in [6.45, 7) is 3.08. The van der Waals surface area contributed by atoms with Crippen LogP contribution in [-0.2, 0) is 33.7 Å². The fraction of sp³-hybridized carbons (Fsp3) is 0.364. The highest BCUT2D eigenvalue weighted by Crippen LogP contribution is 2.24. The number of methoxy groups -OCH3 is 1. The molecular weight excluding hydrogens is 354 g/mol. The van der Waals surface area contributed by atoms with E-state index in [0.717, 1.165) is 25.1 Å². The molecule has 1 aliphatic heterocycles. The Hall–Kier alpha value is -2.86. The van der Waals surface area contributed by atoms with Gasteiger partial charge in [0, 0.05) is 39.0 Å². The minimum absolute atomic E-state index is 0.325. The summed E-state index contributed by atoms with van der Waals surface area (Å²) in [5.41, 5.74) is 5.17. The molecule has 2 aromatic carbocycles. The zero-order valence-corrected chi connectivity index (χ0v) is 16.2. The lowest BCUT2D eigenvalue weighted by molar-refractivity contribution is -0.139. The quantitative estimate of drug-likeness (QED) is 0.565. The van der Waals surface area contributed by atoms with Crippen molar-refractivity contribution >= 4 is 17.5 Å². The average molecular weight is 381 g/mol. The van der Waals surface area contributed by atoms with Crippen LogP contribution in [0.4, 0.5) is 5.69 Å². The number of anilines is 1. The van der Waals surface area contributed by atoms with E-state index in [1.54, 1.807) is 7.11 Å². The number of rotatable bonds is 7. The maximum atomic E-state index is 11.7. The van der Waals surface area contributed by atoms with Crippen LogP contribution in [0.1, 0.15) is 16.7 Å². The number of benzene rings is 2. The van der Waals surface area contributed by atoms with Gasteiger partial charge >= 0.3 is 11.8 Å². The summed E-state index contributed by atoms with van der Waals surface area (Å²) in [4.78, 5) is 25.7. The highest BCUT2D eigenvalue weighted by atomic mass is 16.5. The van der Waals surface area contributed by atoms with E-state index in [0.29, 0.717) is 26.1 Å². The van der Waals surface area contributed by atoms with Crippen molar-refractivity contribution in [1.82, 2.24) is 10.6 Å². The first kappa shape index (κ1) is 19.9. The van der Waals surface area contributed by atoms with Gasteiger partial charge in [0.15, 0.2) is 0 Å². The van der Waals surface area contributed by atoms with E-state index in [1.807, 2.05) is 0 Å². The number of amides is 2. The van der Waals surface area contributed by atoms with E-state index in [4.69, 9.17) is 4.74 Å². The molecule has 148 valence electrons. The zero-order valence-electron chi connectivity index (χ0n) is 16.2. The number of ether oxygens (including phenoxy) is 1. The van der Waals surface area contributed by atoms with Crippen molar-refractivity contribution in [2.75, 3.05) is 38.3 Å². The Morgan fingerprint density at radius 1 is 0.964 bits per heavy atom. The number of hydrogen-bond donors (Lipinski definition) is 2. The third-order valence-electron chi connectivity index (χ3n) is 4.93. The smallest absolute Gasteiger partial charge is 0.309 e. The minimum atomic E-state index is -0.627. The number of fused-ring (bicyclic) bond motifs is 1. The van der Waals surface area contributed by atoms with Crippen LogP contribution in [0.2, 0.25) is 0 Å². The fourth-order valence-corrected chi connectivity index (χ4v) is 3.34. The number of carbonyl (C=O) groups excluding carboxylic acids is 2. The lowest BCUT2D eigenvalue weighted by Gasteiger charge is -2.30. The summed E-state index contributed by atoms with van der Waals surface area (Å²) >= 11 is 0. The Kier molecular flexibility index (Phi) is 7.03. The lowest BCUT2D eigenvalue weighted by Crippen LogP contribution is -2.41. The molecule has 0 aliphatic carbocycles. The SMILES string of the molecule is COCCNC(=O)C(=O)NCCc1ccc(N2CCc3ccccc3C2)cc1. The van der Waals surface area contributed by atoms with Gasteiger partial charge in [0.25, 0.3) is 0 Å². The third kappa shape index (κ3) is 5.33. The van der Waals surface area contributed by atoms with Gasteiger partial charge in [-0.3, -0.25) is 9.59 Å². The normalized spacial score (nSPS) is 13.0. The van der Waals surface area contributed by atoms with Crippen LogP contribution in [0.15, 0.2) is 48.5 Å². The van der Waals surface area contributed by atoms with Crippen LogP contribution in [0.25, 0.3) is 0 Å². The van der Waals surface area contributed by atoms with Crippen molar-refractivity contribution in [1.29, 1.82) is 0 Å². The lowest BCUT2D eigenvalue weighted by atomic mass is 9.99. The largest absolute Gasteiger partial charge is 0.383 e. The van der Waals surface area contributed by atoms with Gasteiger partial charge in [-0.05, 0) is 41.7 Å². The molecule has 0 fully saturated rings. The number of hydrogen-bond acceptors (Lipinski definition) is 4. The molecule has 1 aliphatic rings. The number of carbonyl (C=O) groups is 2. The molecule has 2 amide bonds. The van der Waals surface area contributed by atoms with Gasteiger partial charge in [-0.25, -0.2) is 0 Å². The molecule has 2 N–H and O–H groups in total. The van der Waals surface area contributed by atoms with E-state index in [2.05, 4.69) is 64.1 Å². The molecule has 0 unspecified atom stereocenters. The van der Waals surface area contributed by atoms with Crippen LogP contribution in [0.5, 0.6) is 0 Å². The number of nitrogens with zero attached hydrogens (tertiary/aromatic N) is 1. The summed E-state index contributed by atoms with van der Waals surface area (Å²) in [6.07, 6.45) is 1.75. The maximum absolute atomic E-state index is 11.7. The summed E-state index contributed by atoms with van der Waals surface area (Å²) in [5, 5.41) is 5.15. The van der Waals surface area contributed by atoms with E-state index in [-0.39, 0.29) is 0 Å². The van der Waals surface area contributed by atoms with Crippen LogP contribution >= 0.6 is 0 Å². The second kappa shape index (κ2) is 9.90. The monoisotopic (exact) mass is 381 g/mol. The first-order valence-electron chi connectivity index (χ1n) is 9.63. The average Bonchev–Trinajstić information content (AvgIpc) is 2.74. The molecule has 0 bridgehead atoms. The van der Waals surface area contributed by atoms with Gasteiger partial charge in [-0.1, -0.05) is 36.4 Å². The first-order valence-corrected chi connectivity index (χ1v) is 9.63. The molecule has 0 saturated carbocycles. The molecule has 6 heteroatoms. The Morgan fingerprint density at radius 3 is 2.36 bits per heavy atom. The Morgan fingerprint density at radius 2 is 1.64 bits per heavy atom. The van der Waals surface area contributed by atoms with Crippen LogP contribution in [0, 0.1) is 0 Å². The molecule has 0 radical (unpaired) electrons. The van der Waals surface area contributed by atoms with Crippen molar-refractivity contribution in [3.05, 3.63) is 65.2 Å². The summed E-state index contributed by atoms with van der Waals surface area (Å²) in [7, 11) is 1.54. The zero-order chi connectivity index (χ0) is 19.8. The predicted molar refractivity (Wildman–Crippen MR) is 109 cm³/mol. The Bertz CT molecular complexity index is 805. The maximum Gasteiger partial charge on any atom is 0.309 e. The predicted octanol–water partition coefficient (Wildman–Crippen LogP) is 1.67. The molecule has 3 rings (SSSR count). The van der Waals surface area contributed by atoms with E-state index in [1.165, 1.54) is 16.8 Å². The van der Waals surface area contributed by atoms with Gasteiger partial charge in [0.1, 0.15) is 0 Å². The first-order chi connectivity index (χ1) is 13.7. The summed E-state index contributed by atoms with van der Waals surface area (Å²) < 4.78 is 4.83. The fourth-order valence-electron chi connectivity index (χ4n) is 3.34. The molecule has 6 nitrogen and oxygen atoms in total. The molecule has 0 saturated heterocycles. The highest BCUT2D eigenvalue weighted by Gasteiger charge is 2.16. The van der Waals surface area contributed by atoms with E-state index in [9.17, 15) is 9.59 Å². The minimum Gasteiger partial charge on any atom is -0.383 e. The third-order valence-corrected chi connectivity index (χ3v) is 4.93. The van der Waals surface area contributed by atoms with Crippen LogP contribution < -0.4 is 15.5 Å². The second-order valence-electron chi connectivity index (χ2n) is 6.86. The van der Waals surface area contributed by atoms with E-state index >= 15 is 0 Å². The number of nitrogens with one attached hydrogen (secondary N) is 2. The Balaban J connectivity index is 1.45. The molecule has 2 aromatic rings. The summed E-state index contributed by atoms with van der Waals surface area (Å²) in [6, 6.07) is 17.0. The van der Waals surface area contributed by atoms with Crippen molar-refractivity contribution in [3.8, 4) is 0 Å². The van der Waals surface area contributed by atoms with E-state index < -0.39 is 11.8 Å². The van der Waals surface area contributed by atoms with Gasteiger partial charge in [0.05, 0.1) is 6.61 Å².